The molecule has 5 nitrogen and oxygen atoms in total. The highest BCUT2D eigenvalue weighted by Gasteiger charge is 2.38. The molecule has 0 atom stereocenters. The SMILES string of the molecule is CCCn1nc(N2C(=O)c3ccccc3C2=O)c2ccccc21. The summed E-state index contributed by atoms with van der Waals surface area (Å²) in [7, 11) is 0. The Hall–Kier alpha value is -2.95. The van der Waals surface area contributed by atoms with Gasteiger partial charge in [0, 0.05) is 11.9 Å². The van der Waals surface area contributed by atoms with Gasteiger partial charge in [0.2, 0.25) is 0 Å². The molecule has 0 radical (unpaired) electrons. The summed E-state index contributed by atoms with van der Waals surface area (Å²) in [5.74, 6) is -0.199. The summed E-state index contributed by atoms with van der Waals surface area (Å²) in [6, 6.07) is 14.6. The molecule has 3 aromatic rings. The molecule has 0 fully saturated rings. The number of nitrogens with zero attached hydrogens (tertiary/aromatic N) is 3. The van der Waals surface area contributed by atoms with E-state index in [4.69, 9.17) is 0 Å². The number of fused-ring (bicyclic) bond motifs is 2. The van der Waals surface area contributed by atoms with E-state index >= 15 is 0 Å². The number of amides is 2. The maximum atomic E-state index is 12.7. The fourth-order valence-corrected chi connectivity index (χ4v) is 3.04. The molecular formula is C18H15N3O2. The predicted molar refractivity (Wildman–Crippen MR) is 87.6 cm³/mol. The van der Waals surface area contributed by atoms with Crippen molar-refractivity contribution in [3.8, 4) is 0 Å². The zero-order valence-electron chi connectivity index (χ0n) is 12.7. The van der Waals surface area contributed by atoms with Crippen LogP contribution in [0.15, 0.2) is 48.5 Å². The van der Waals surface area contributed by atoms with Gasteiger partial charge in [0.05, 0.1) is 16.6 Å². The van der Waals surface area contributed by atoms with E-state index in [-0.39, 0.29) is 11.8 Å². The van der Waals surface area contributed by atoms with Crippen LogP contribution in [0.2, 0.25) is 0 Å². The van der Waals surface area contributed by atoms with Crippen molar-refractivity contribution in [2.45, 2.75) is 19.9 Å². The third-order valence-corrected chi connectivity index (χ3v) is 4.08. The number of rotatable bonds is 3. The molecule has 0 N–H and O–H groups in total. The maximum absolute atomic E-state index is 12.7. The Morgan fingerprint density at radius 3 is 2.17 bits per heavy atom. The number of para-hydroxylation sites is 1. The first-order valence-electron chi connectivity index (χ1n) is 7.65. The Morgan fingerprint density at radius 1 is 0.913 bits per heavy atom. The minimum absolute atomic E-state index is 0.308. The minimum Gasteiger partial charge on any atom is -0.268 e. The summed E-state index contributed by atoms with van der Waals surface area (Å²) in [6.45, 7) is 2.81. The van der Waals surface area contributed by atoms with Crippen LogP contribution in [0.4, 0.5) is 5.82 Å². The second-order valence-corrected chi connectivity index (χ2v) is 5.56. The predicted octanol–water partition coefficient (Wildman–Crippen LogP) is 3.25. The van der Waals surface area contributed by atoms with Gasteiger partial charge in [0.15, 0.2) is 5.82 Å². The summed E-state index contributed by atoms with van der Waals surface area (Å²) >= 11 is 0. The van der Waals surface area contributed by atoms with Gasteiger partial charge in [-0.15, -0.1) is 0 Å². The summed E-state index contributed by atoms with van der Waals surface area (Å²) < 4.78 is 1.86. The molecule has 2 aromatic carbocycles. The van der Waals surface area contributed by atoms with Crippen molar-refractivity contribution >= 4 is 28.5 Å². The molecular weight excluding hydrogens is 290 g/mol. The van der Waals surface area contributed by atoms with Gasteiger partial charge in [-0.05, 0) is 30.7 Å². The molecule has 5 heteroatoms. The van der Waals surface area contributed by atoms with Crippen LogP contribution >= 0.6 is 0 Å². The van der Waals surface area contributed by atoms with Gasteiger partial charge in [-0.1, -0.05) is 31.2 Å². The van der Waals surface area contributed by atoms with E-state index in [2.05, 4.69) is 12.0 Å². The fourth-order valence-electron chi connectivity index (χ4n) is 3.04. The lowest BCUT2D eigenvalue weighted by Crippen LogP contribution is -2.30. The lowest BCUT2D eigenvalue weighted by Gasteiger charge is -2.10. The molecule has 4 rings (SSSR count). The standard InChI is InChI=1S/C18H15N3O2/c1-2-11-20-15-10-6-5-9-14(15)16(19-20)21-17(22)12-7-3-4-8-13(12)18(21)23/h3-10H,2,11H2,1H3. The van der Waals surface area contributed by atoms with Crippen molar-refractivity contribution in [3.05, 3.63) is 59.7 Å². The quantitative estimate of drug-likeness (QED) is 0.698. The third kappa shape index (κ3) is 1.90. The van der Waals surface area contributed by atoms with Crippen molar-refractivity contribution in [1.82, 2.24) is 9.78 Å². The van der Waals surface area contributed by atoms with Gasteiger partial charge in [-0.2, -0.15) is 5.10 Å². The van der Waals surface area contributed by atoms with Gasteiger partial charge >= 0.3 is 0 Å². The summed E-state index contributed by atoms with van der Waals surface area (Å²) in [6.07, 6.45) is 0.924. The molecule has 2 heterocycles. The highest BCUT2D eigenvalue weighted by atomic mass is 16.2. The molecule has 0 bridgehead atoms. The Bertz CT molecular complexity index is 907. The van der Waals surface area contributed by atoms with Crippen LogP contribution in [0, 0.1) is 0 Å². The second kappa shape index (κ2) is 5.05. The third-order valence-electron chi connectivity index (χ3n) is 4.08. The van der Waals surface area contributed by atoms with Gasteiger partial charge in [0.25, 0.3) is 11.8 Å². The molecule has 0 unspecified atom stereocenters. The number of hydrogen-bond acceptors (Lipinski definition) is 3. The van der Waals surface area contributed by atoms with E-state index in [1.165, 1.54) is 4.90 Å². The molecule has 0 aliphatic carbocycles. The monoisotopic (exact) mass is 305 g/mol. The van der Waals surface area contributed by atoms with Gasteiger partial charge in [0.1, 0.15) is 0 Å². The number of carbonyl (C=O) groups excluding carboxylic acids is 2. The van der Waals surface area contributed by atoms with Crippen molar-refractivity contribution in [2.75, 3.05) is 4.90 Å². The first-order chi connectivity index (χ1) is 11.2. The number of benzene rings is 2. The lowest BCUT2D eigenvalue weighted by atomic mass is 10.1. The van der Waals surface area contributed by atoms with Gasteiger partial charge in [-0.3, -0.25) is 14.3 Å². The minimum atomic E-state index is -0.308. The second-order valence-electron chi connectivity index (χ2n) is 5.56. The highest BCUT2D eigenvalue weighted by Crippen LogP contribution is 2.32. The van der Waals surface area contributed by atoms with Crippen LogP contribution in [-0.4, -0.2) is 21.6 Å². The van der Waals surface area contributed by atoms with Crippen LogP contribution < -0.4 is 4.90 Å². The summed E-state index contributed by atoms with van der Waals surface area (Å²) in [4.78, 5) is 26.5. The maximum Gasteiger partial charge on any atom is 0.267 e. The zero-order valence-corrected chi connectivity index (χ0v) is 12.7. The molecule has 2 amide bonds. The lowest BCUT2D eigenvalue weighted by molar-refractivity contribution is 0.0925. The molecule has 0 saturated carbocycles. The van der Waals surface area contributed by atoms with E-state index in [0.717, 1.165) is 23.9 Å². The zero-order chi connectivity index (χ0) is 16.0. The van der Waals surface area contributed by atoms with E-state index in [1.54, 1.807) is 24.3 Å². The number of carbonyl (C=O) groups is 2. The van der Waals surface area contributed by atoms with Gasteiger partial charge in [-0.25, -0.2) is 4.90 Å². The van der Waals surface area contributed by atoms with Crippen LogP contribution in [0.25, 0.3) is 10.9 Å². The molecule has 0 spiro atoms. The summed E-state index contributed by atoms with van der Waals surface area (Å²) in [5.41, 5.74) is 1.80. The number of hydrogen-bond donors (Lipinski definition) is 0. The average molecular weight is 305 g/mol. The Morgan fingerprint density at radius 2 is 1.52 bits per heavy atom. The Labute approximate surface area is 133 Å². The van der Waals surface area contributed by atoms with Crippen LogP contribution in [0.1, 0.15) is 34.1 Å². The molecule has 1 aliphatic heterocycles. The number of imide groups is 1. The Balaban J connectivity index is 1.91. The average Bonchev–Trinajstić information content (AvgIpc) is 3.05. The van der Waals surface area contributed by atoms with Crippen molar-refractivity contribution in [2.24, 2.45) is 0 Å². The largest absolute Gasteiger partial charge is 0.268 e. The molecule has 1 aromatic heterocycles. The molecule has 114 valence electrons. The van der Waals surface area contributed by atoms with Crippen LogP contribution in [0.5, 0.6) is 0 Å². The fraction of sp³-hybridized carbons (Fsp3) is 0.167. The van der Waals surface area contributed by atoms with E-state index in [0.29, 0.717) is 16.9 Å². The first-order valence-corrected chi connectivity index (χ1v) is 7.65. The normalized spacial score (nSPS) is 13.9. The molecule has 0 saturated heterocycles. The smallest absolute Gasteiger partial charge is 0.267 e. The van der Waals surface area contributed by atoms with Crippen molar-refractivity contribution < 1.29 is 9.59 Å². The Kier molecular flexibility index (Phi) is 3.01. The summed E-state index contributed by atoms with van der Waals surface area (Å²) in [5, 5.41) is 5.36. The first kappa shape index (κ1) is 13.7. The number of anilines is 1. The van der Waals surface area contributed by atoms with Crippen LogP contribution in [0.3, 0.4) is 0 Å². The highest BCUT2D eigenvalue weighted by molar-refractivity contribution is 6.35. The van der Waals surface area contributed by atoms with E-state index < -0.39 is 0 Å². The number of aromatic nitrogens is 2. The van der Waals surface area contributed by atoms with Crippen molar-refractivity contribution in [3.63, 3.8) is 0 Å². The molecule has 1 aliphatic rings. The van der Waals surface area contributed by atoms with Crippen LogP contribution in [-0.2, 0) is 6.54 Å². The molecule has 23 heavy (non-hydrogen) atoms. The van der Waals surface area contributed by atoms with Gasteiger partial charge < -0.3 is 0 Å². The van der Waals surface area contributed by atoms with Crippen molar-refractivity contribution in [1.29, 1.82) is 0 Å². The van der Waals surface area contributed by atoms with E-state index in [1.807, 2.05) is 28.9 Å². The number of aryl methyl sites for hydroxylation is 1. The topological polar surface area (TPSA) is 55.2 Å². The van der Waals surface area contributed by atoms with E-state index in [9.17, 15) is 9.59 Å².